The molecule has 0 aromatic heterocycles. The Bertz CT molecular complexity index is 651. The SMILES string of the molecule is C=C[C@@H]1CC[C@H](C(=O)OCC)N1S(=O)(=O)c1ccc(C)cc1. The van der Waals surface area contributed by atoms with E-state index in [2.05, 4.69) is 6.58 Å². The van der Waals surface area contributed by atoms with Crippen LogP contribution in [0.25, 0.3) is 0 Å². The van der Waals surface area contributed by atoms with E-state index in [0.717, 1.165) is 5.56 Å². The molecule has 1 aromatic carbocycles. The van der Waals surface area contributed by atoms with Gasteiger partial charge >= 0.3 is 5.97 Å². The molecule has 1 heterocycles. The van der Waals surface area contributed by atoms with Crippen LogP contribution in [0.4, 0.5) is 0 Å². The van der Waals surface area contributed by atoms with Gasteiger partial charge in [-0.25, -0.2) is 8.42 Å². The zero-order valence-corrected chi connectivity index (χ0v) is 13.7. The van der Waals surface area contributed by atoms with Crippen LogP contribution in [0.1, 0.15) is 25.3 Å². The Balaban J connectivity index is 2.41. The highest BCUT2D eigenvalue weighted by atomic mass is 32.2. The van der Waals surface area contributed by atoms with Gasteiger partial charge in [0, 0.05) is 6.04 Å². The summed E-state index contributed by atoms with van der Waals surface area (Å²) in [6.45, 7) is 7.52. The smallest absolute Gasteiger partial charge is 0.324 e. The maximum atomic E-state index is 12.9. The third-order valence-electron chi connectivity index (χ3n) is 3.80. The molecule has 0 unspecified atom stereocenters. The Morgan fingerprint density at radius 3 is 2.55 bits per heavy atom. The molecule has 2 atom stereocenters. The molecule has 1 saturated heterocycles. The fraction of sp³-hybridized carbons (Fsp3) is 0.438. The second-order valence-corrected chi connectivity index (χ2v) is 7.14. The Kier molecular flexibility index (Phi) is 5.03. The monoisotopic (exact) mass is 323 g/mol. The van der Waals surface area contributed by atoms with Crippen LogP contribution in [-0.4, -0.2) is 37.4 Å². The van der Waals surface area contributed by atoms with Gasteiger partial charge in [0.1, 0.15) is 6.04 Å². The lowest BCUT2D eigenvalue weighted by atomic mass is 10.2. The Morgan fingerprint density at radius 1 is 1.36 bits per heavy atom. The minimum absolute atomic E-state index is 0.182. The van der Waals surface area contributed by atoms with Crippen LogP contribution in [0.5, 0.6) is 0 Å². The lowest BCUT2D eigenvalue weighted by Gasteiger charge is -2.26. The average Bonchev–Trinajstić information content (AvgIpc) is 2.92. The molecule has 22 heavy (non-hydrogen) atoms. The highest BCUT2D eigenvalue weighted by Gasteiger charge is 2.45. The van der Waals surface area contributed by atoms with E-state index in [1.54, 1.807) is 37.3 Å². The van der Waals surface area contributed by atoms with Crippen molar-refractivity contribution in [2.45, 2.75) is 43.7 Å². The van der Waals surface area contributed by atoms with Gasteiger partial charge in [-0.2, -0.15) is 4.31 Å². The summed E-state index contributed by atoms with van der Waals surface area (Å²) in [5.41, 5.74) is 0.975. The van der Waals surface area contributed by atoms with Crippen molar-refractivity contribution in [1.29, 1.82) is 0 Å². The van der Waals surface area contributed by atoms with Crippen LogP contribution < -0.4 is 0 Å². The van der Waals surface area contributed by atoms with Gasteiger partial charge < -0.3 is 4.74 Å². The van der Waals surface area contributed by atoms with Gasteiger partial charge in [-0.3, -0.25) is 4.79 Å². The first-order valence-corrected chi connectivity index (χ1v) is 8.75. The number of nitrogens with zero attached hydrogens (tertiary/aromatic N) is 1. The quantitative estimate of drug-likeness (QED) is 0.616. The molecule has 1 fully saturated rings. The van der Waals surface area contributed by atoms with E-state index in [4.69, 9.17) is 4.74 Å². The maximum Gasteiger partial charge on any atom is 0.324 e. The van der Waals surface area contributed by atoms with Crippen molar-refractivity contribution in [3.05, 3.63) is 42.5 Å². The minimum atomic E-state index is -3.77. The van der Waals surface area contributed by atoms with Crippen molar-refractivity contribution >= 4 is 16.0 Å². The Hall–Kier alpha value is -1.66. The van der Waals surface area contributed by atoms with Gasteiger partial charge in [0.15, 0.2) is 0 Å². The predicted molar refractivity (Wildman–Crippen MR) is 83.8 cm³/mol. The summed E-state index contributed by atoms with van der Waals surface area (Å²) in [5, 5.41) is 0. The van der Waals surface area contributed by atoms with Gasteiger partial charge in [0.05, 0.1) is 11.5 Å². The number of benzene rings is 1. The molecular formula is C16H21NO4S. The van der Waals surface area contributed by atoms with Crippen molar-refractivity contribution in [2.75, 3.05) is 6.61 Å². The second-order valence-electron chi connectivity index (χ2n) is 5.30. The normalized spacial score (nSPS) is 22.5. The number of carbonyl (C=O) groups excluding carboxylic acids is 1. The van der Waals surface area contributed by atoms with Crippen LogP contribution in [-0.2, 0) is 19.6 Å². The summed E-state index contributed by atoms with van der Waals surface area (Å²) in [6, 6.07) is 5.43. The van der Waals surface area contributed by atoms with Crippen LogP contribution in [0.2, 0.25) is 0 Å². The number of ether oxygens (including phenoxy) is 1. The maximum absolute atomic E-state index is 12.9. The van der Waals surface area contributed by atoms with Crippen LogP contribution in [0.15, 0.2) is 41.8 Å². The number of hydrogen-bond acceptors (Lipinski definition) is 4. The van der Waals surface area contributed by atoms with Gasteiger partial charge in [0.2, 0.25) is 10.0 Å². The lowest BCUT2D eigenvalue weighted by molar-refractivity contribution is -0.147. The topological polar surface area (TPSA) is 63.7 Å². The first kappa shape index (κ1) is 16.7. The van der Waals surface area contributed by atoms with E-state index in [0.29, 0.717) is 12.8 Å². The molecule has 1 aliphatic heterocycles. The number of sulfonamides is 1. The molecule has 2 rings (SSSR count). The molecule has 1 aromatic rings. The summed E-state index contributed by atoms with van der Waals surface area (Å²) in [4.78, 5) is 12.3. The molecule has 0 bridgehead atoms. The summed E-state index contributed by atoms with van der Waals surface area (Å²) in [5.74, 6) is -0.498. The minimum Gasteiger partial charge on any atom is -0.465 e. The van der Waals surface area contributed by atoms with Crippen molar-refractivity contribution in [3.63, 3.8) is 0 Å². The van der Waals surface area contributed by atoms with Crippen LogP contribution >= 0.6 is 0 Å². The largest absolute Gasteiger partial charge is 0.465 e. The van der Waals surface area contributed by atoms with E-state index in [1.807, 2.05) is 6.92 Å². The number of aryl methyl sites for hydroxylation is 1. The lowest BCUT2D eigenvalue weighted by Crippen LogP contribution is -2.44. The van der Waals surface area contributed by atoms with Gasteiger partial charge in [0.25, 0.3) is 0 Å². The number of hydrogen-bond donors (Lipinski definition) is 0. The molecule has 1 aliphatic rings. The molecule has 6 heteroatoms. The molecule has 0 N–H and O–H groups in total. The van der Waals surface area contributed by atoms with E-state index >= 15 is 0 Å². The molecule has 120 valence electrons. The van der Waals surface area contributed by atoms with E-state index in [1.165, 1.54) is 4.31 Å². The second kappa shape index (κ2) is 6.62. The molecule has 0 amide bonds. The van der Waals surface area contributed by atoms with Gasteiger partial charge in [-0.1, -0.05) is 23.8 Å². The van der Waals surface area contributed by atoms with Crippen molar-refractivity contribution in [2.24, 2.45) is 0 Å². The Morgan fingerprint density at radius 2 is 2.00 bits per heavy atom. The van der Waals surface area contributed by atoms with E-state index < -0.39 is 22.0 Å². The molecule has 0 saturated carbocycles. The zero-order chi connectivity index (χ0) is 16.3. The summed E-state index contributed by atoms with van der Waals surface area (Å²) >= 11 is 0. The molecule has 5 nitrogen and oxygen atoms in total. The standard InChI is InChI=1S/C16H21NO4S/c1-4-13-8-11-15(16(18)21-5-2)17(13)22(19,20)14-9-6-12(3)7-10-14/h4,6-7,9-10,13,15H,1,5,8,11H2,2-3H3/t13-,15-/m1/s1. The van der Waals surface area contributed by atoms with Gasteiger partial charge in [-0.15, -0.1) is 6.58 Å². The van der Waals surface area contributed by atoms with Crippen molar-refractivity contribution in [3.8, 4) is 0 Å². The van der Waals surface area contributed by atoms with Crippen LogP contribution in [0.3, 0.4) is 0 Å². The van der Waals surface area contributed by atoms with Crippen LogP contribution in [0, 0.1) is 6.92 Å². The summed E-state index contributed by atoms with van der Waals surface area (Å²) in [6.07, 6.45) is 2.59. The van der Waals surface area contributed by atoms with Gasteiger partial charge in [-0.05, 0) is 38.8 Å². The third kappa shape index (κ3) is 3.08. The summed E-state index contributed by atoms with van der Waals surface area (Å²) < 4.78 is 32.1. The third-order valence-corrected chi connectivity index (χ3v) is 5.75. The van der Waals surface area contributed by atoms with Crippen molar-refractivity contribution < 1.29 is 17.9 Å². The average molecular weight is 323 g/mol. The highest BCUT2D eigenvalue weighted by molar-refractivity contribution is 7.89. The fourth-order valence-corrected chi connectivity index (χ4v) is 4.47. The first-order valence-electron chi connectivity index (χ1n) is 7.31. The van der Waals surface area contributed by atoms with E-state index in [9.17, 15) is 13.2 Å². The highest BCUT2D eigenvalue weighted by Crippen LogP contribution is 2.32. The molecule has 0 spiro atoms. The zero-order valence-electron chi connectivity index (χ0n) is 12.9. The summed E-state index contributed by atoms with van der Waals surface area (Å²) in [7, 11) is -3.77. The fourth-order valence-electron chi connectivity index (χ4n) is 2.67. The molecular weight excluding hydrogens is 302 g/mol. The first-order chi connectivity index (χ1) is 10.4. The Labute approximate surface area is 131 Å². The van der Waals surface area contributed by atoms with Crippen molar-refractivity contribution in [1.82, 2.24) is 4.31 Å². The molecule has 0 radical (unpaired) electrons. The predicted octanol–water partition coefficient (Wildman–Crippen LogP) is 2.27. The number of carbonyl (C=O) groups is 1. The number of rotatable bonds is 5. The molecule has 0 aliphatic carbocycles. The number of esters is 1. The van der Waals surface area contributed by atoms with E-state index in [-0.39, 0.29) is 17.5 Å².